The molecule has 150 valence electrons. The lowest BCUT2D eigenvalue weighted by Gasteiger charge is -2.12. The highest BCUT2D eigenvalue weighted by Gasteiger charge is 2.11. The Bertz CT molecular complexity index is 695. The van der Waals surface area contributed by atoms with Crippen LogP contribution in [0.4, 0.5) is 0 Å². The molecule has 0 aliphatic heterocycles. The Kier molecular flexibility index (Phi) is 8.86. The summed E-state index contributed by atoms with van der Waals surface area (Å²) in [4.78, 5) is 4.27. The van der Waals surface area contributed by atoms with Gasteiger partial charge in [0, 0.05) is 45.1 Å². The molecular formula is C19H31N5O3. The van der Waals surface area contributed by atoms with Crippen LogP contribution in [0, 0.1) is 13.8 Å². The maximum Gasteiger partial charge on any atom is 0.191 e. The van der Waals surface area contributed by atoms with E-state index in [0.29, 0.717) is 26.4 Å². The van der Waals surface area contributed by atoms with E-state index in [0.717, 1.165) is 42.6 Å². The van der Waals surface area contributed by atoms with Crippen LogP contribution in [0.25, 0.3) is 0 Å². The number of hydrogen-bond donors (Lipinski definition) is 2. The summed E-state index contributed by atoms with van der Waals surface area (Å²) >= 11 is 0. The number of aryl methyl sites for hydroxylation is 1. The smallest absolute Gasteiger partial charge is 0.191 e. The number of aromatic nitrogens is 2. The number of furan rings is 1. The Hall–Kier alpha value is -2.32. The zero-order valence-corrected chi connectivity index (χ0v) is 16.7. The number of methoxy groups -OCH3 is 1. The third kappa shape index (κ3) is 6.73. The third-order valence-corrected chi connectivity index (χ3v) is 4.28. The van der Waals surface area contributed by atoms with Gasteiger partial charge in [0.1, 0.15) is 12.4 Å². The second kappa shape index (κ2) is 11.4. The molecule has 0 fully saturated rings. The maximum atomic E-state index is 5.57. The van der Waals surface area contributed by atoms with Gasteiger partial charge in [-0.2, -0.15) is 5.10 Å². The van der Waals surface area contributed by atoms with Crippen LogP contribution < -0.4 is 10.6 Å². The molecule has 0 aliphatic carbocycles. The van der Waals surface area contributed by atoms with Gasteiger partial charge in [-0.15, -0.1) is 0 Å². The molecule has 27 heavy (non-hydrogen) atoms. The van der Waals surface area contributed by atoms with Crippen molar-refractivity contribution in [1.29, 1.82) is 0 Å². The first-order chi connectivity index (χ1) is 13.2. The Balaban J connectivity index is 1.68. The second-order valence-corrected chi connectivity index (χ2v) is 6.20. The molecule has 0 aromatic carbocycles. The summed E-state index contributed by atoms with van der Waals surface area (Å²) < 4.78 is 17.9. The van der Waals surface area contributed by atoms with Gasteiger partial charge < -0.3 is 24.5 Å². The lowest BCUT2D eigenvalue weighted by atomic mass is 10.2. The number of nitrogens with one attached hydrogen (secondary N) is 2. The molecule has 0 saturated carbocycles. The molecule has 0 amide bonds. The fourth-order valence-corrected chi connectivity index (χ4v) is 2.73. The molecule has 0 bridgehead atoms. The first-order valence-electron chi connectivity index (χ1n) is 9.22. The molecule has 0 aliphatic rings. The van der Waals surface area contributed by atoms with Crippen LogP contribution in [0.3, 0.4) is 0 Å². The predicted molar refractivity (Wildman–Crippen MR) is 105 cm³/mol. The Labute approximate surface area is 160 Å². The van der Waals surface area contributed by atoms with Crippen molar-refractivity contribution in [2.75, 3.05) is 33.9 Å². The number of hydrogen-bond acceptors (Lipinski definition) is 5. The molecule has 0 unspecified atom stereocenters. The number of aliphatic imine (C=N–C) groups is 1. The average Bonchev–Trinajstić information content (AvgIpc) is 3.27. The summed E-state index contributed by atoms with van der Waals surface area (Å²) in [6, 6.07) is 3.77. The van der Waals surface area contributed by atoms with Crippen LogP contribution in [0.2, 0.25) is 0 Å². The minimum Gasteiger partial charge on any atom is -0.467 e. The van der Waals surface area contributed by atoms with E-state index in [9.17, 15) is 0 Å². The van der Waals surface area contributed by atoms with Crippen LogP contribution >= 0.6 is 0 Å². The first-order valence-corrected chi connectivity index (χ1v) is 9.22. The maximum absolute atomic E-state index is 5.57. The SMILES string of the molecule is CN=C(NCCCOCc1ccco1)NCc1c(C)nn(CCOC)c1C. The normalized spacial score (nSPS) is 11.8. The quantitative estimate of drug-likeness (QED) is 0.354. The zero-order chi connectivity index (χ0) is 19.5. The summed E-state index contributed by atoms with van der Waals surface area (Å²) in [5.74, 6) is 1.61. The number of guanidine groups is 1. The Morgan fingerprint density at radius 1 is 1.30 bits per heavy atom. The van der Waals surface area contributed by atoms with Crippen molar-refractivity contribution in [2.45, 2.75) is 40.0 Å². The monoisotopic (exact) mass is 377 g/mol. The lowest BCUT2D eigenvalue weighted by molar-refractivity contribution is 0.105. The highest BCUT2D eigenvalue weighted by Crippen LogP contribution is 2.12. The van der Waals surface area contributed by atoms with Gasteiger partial charge in [0.25, 0.3) is 0 Å². The largest absolute Gasteiger partial charge is 0.467 e. The van der Waals surface area contributed by atoms with E-state index >= 15 is 0 Å². The summed E-state index contributed by atoms with van der Waals surface area (Å²) in [6.07, 6.45) is 2.54. The summed E-state index contributed by atoms with van der Waals surface area (Å²) in [6.45, 7) is 8.15. The molecule has 0 spiro atoms. The van der Waals surface area contributed by atoms with E-state index in [4.69, 9.17) is 13.9 Å². The minimum absolute atomic E-state index is 0.506. The van der Waals surface area contributed by atoms with Gasteiger partial charge in [-0.3, -0.25) is 9.67 Å². The van der Waals surface area contributed by atoms with Gasteiger partial charge in [-0.25, -0.2) is 0 Å². The van der Waals surface area contributed by atoms with Crippen molar-refractivity contribution in [2.24, 2.45) is 4.99 Å². The molecule has 2 N–H and O–H groups in total. The summed E-state index contributed by atoms with van der Waals surface area (Å²) in [5, 5.41) is 11.2. The van der Waals surface area contributed by atoms with Crippen molar-refractivity contribution in [3.63, 3.8) is 0 Å². The van der Waals surface area contributed by atoms with Gasteiger partial charge in [0.15, 0.2) is 5.96 Å². The summed E-state index contributed by atoms with van der Waals surface area (Å²) in [5.41, 5.74) is 3.37. The molecule has 0 saturated heterocycles. The van der Waals surface area contributed by atoms with Gasteiger partial charge in [-0.05, 0) is 32.4 Å². The van der Waals surface area contributed by atoms with E-state index in [2.05, 4.69) is 27.6 Å². The minimum atomic E-state index is 0.506. The zero-order valence-electron chi connectivity index (χ0n) is 16.7. The molecule has 2 rings (SSSR count). The van der Waals surface area contributed by atoms with E-state index in [1.165, 1.54) is 5.56 Å². The van der Waals surface area contributed by atoms with E-state index < -0.39 is 0 Å². The number of ether oxygens (including phenoxy) is 2. The highest BCUT2D eigenvalue weighted by atomic mass is 16.5. The van der Waals surface area contributed by atoms with Gasteiger partial charge in [0.05, 0.1) is 25.1 Å². The standard InChI is InChI=1S/C19H31N5O3/c1-15-18(16(2)24(23-15)9-12-25-4)13-22-19(20-3)21-8-6-10-26-14-17-7-5-11-27-17/h5,7,11H,6,8-10,12-14H2,1-4H3,(H2,20,21,22). The van der Waals surface area contributed by atoms with Crippen molar-refractivity contribution >= 4 is 5.96 Å². The van der Waals surface area contributed by atoms with E-state index in [1.54, 1.807) is 20.4 Å². The van der Waals surface area contributed by atoms with Crippen LogP contribution in [-0.2, 0) is 29.2 Å². The van der Waals surface area contributed by atoms with Crippen LogP contribution in [0.1, 0.15) is 29.1 Å². The first kappa shape index (κ1) is 21.0. The molecule has 2 aromatic rings. The molecule has 2 heterocycles. The second-order valence-electron chi connectivity index (χ2n) is 6.20. The Morgan fingerprint density at radius 2 is 2.15 bits per heavy atom. The predicted octanol–water partition coefficient (Wildman–Crippen LogP) is 2.01. The Morgan fingerprint density at radius 3 is 2.85 bits per heavy atom. The average molecular weight is 377 g/mol. The van der Waals surface area contributed by atoms with Crippen molar-refractivity contribution < 1.29 is 13.9 Å². The molecule has 0 atom stereocenters. The molecule has 2 aromatic heterocycles. The van der Waals surface area contributed by atoms with Gasteiger partial charge in [0.2, 0.25) is 0 Å². The van der Waals surface area contributed by atoms with Crippen molar-refractivity contribution in [3.8, 4) is 0 Å². The summed E-state index contributed by atoms with van der Waals surface area (Å²) in [7, 11) is 3.47. The van der Waals surface area contributed by atoms with Crippen molar-refractivity contribution in [1.82, 2.24) is 20.4 Å². The lowest BCUT2D eigenvalue weighted by Crippen LogP contribution is -2.37. The highest BCUT2D eigenvalue weighted by molar-refractivity contribution is 5.79. The number of nitrogens with zero attached hydrogens (tertiary/aromatic N) is 3. The topological polar surface area (TPSA) is 85.8 Å². The molecule has 8 heteroatoms. The van der Waals surface area contributed by atoms with Crippen LogP contribution in [0.5, 0.6) is 0 Å². The van der Waals surface area contributed by atoms with Crippen LogP contribution in [-0.4, -0.2) is 49.7 Å². The van der Waals surface area contributed by atoms with Crippen LogP contribution in [0.15, 0.2) is 27.8 Å². The number of rotatable bonds is 11. The van der Waals surface area contributed by atoms with E-state index in [1.807, 2.05) is 23.7 Å². The fraction of sp³-hybridized carbons (Fsp3) is 0.579. The van der Waals surface area contributed by atoms with E-state index in [-0.39, 0.29) is 0 Å². The third-order valence-electron chi connectivity index (χ3n) is 4.28. The molecule has 0 radical (unpaired) electrons. The van der Waals surface area contributed by atoms with Gasteiger partial charge in [-0.1, -0.05) is 0 Å². The fourth-order valence-electron chi connectivity index (χ4n) is 2.73. The molecular weight excluding hydrogens is 346 g/mol. The molecule has 8 nitrogen and oxygen atoms in total. The van der Waals surface area contributed by atoms with Gasteiger partial charge >= 0.3 is 0 Å². The van der Waals surface area contributed by atoms with Crippen molar-refractivity contribution in [3.05, 3.63) is 41.1 Å².